The molecule has 0 atom stereocenters. The molecule has 0 aromatic heterocycles. The summed E-state index contributed by atoms with van der Waals surface area (Å²) in [5.74, 6) is 0.317. The lowest BCUT2D eigenvalue weighted by atomic mass is 10.1. The average Bonchev–Trinajstić information content (AvgIpc) is 3.01. The van der Waals surface area contributed by atoms with E-state index < -0.39 is 0 Å². The summed E-state index contributed by atoms with van der Waals surface area (Å²) < 4.78 is 6.93. The van der Waals surface area contributed by atoms with Gasteiger partial charge in [-0.1, -0.05) is 59.3 Å². The SMILES string of the molecule is CCCN1C(=O)N/C(=C/c2cc(Br)ccc2OCc2ccc3ccccc3c2)C1=O. The van der Waals surface area contributed by atoms with Crippen LogP contribution >= 0.6 is 15.9 Å². The van der Waals surface area contributed by atoms with Crippen LogP contribution in [0.25, 0.3) is 16.8 Å². The fraction of sp³-hybridized carbons (Fsp3) is 0.167. The highest BCUT2D eigenvalue weighted by Crippen LogP contribution is 2.28. The highest BCUT2D eigenvalue weighted by atomic mass is 79.9. The molecule has 152 valence electrons. The molecule has 1 aliphatic rings. The normalized spacial score (nSPS) is 15.1. The number of amides is 3. The van der Waals surface area contributed by atoms with Gasteiger partial charge in [-0.25, -0.2) is 4.79 Å². The van der Waals surface area contributed by atoms with E-state index in [9.17, 15) is 9.59 Å². The maximum absolute atomic E-state index is 12.5. The molecule has 6 heteroatoms. The van der Waals surface area contributed by atoms with Gasteiger partial charge in [-0.2, -0.15) is 0 Å². The van der Waals surface area contributed by atoms with Gasteiger partial charge in [0.25, 0.3) is 5.91 Å². The average molecular weight is 465 g/mol. The predicted octanol–water partition coefficient (Wildman–Crippen LogP) is 5.48. The quantitative estimate of drug-likeness (QED) is 0.387. The highest BCUT2D eigenvalue weighted by Gasteiger charge is 2.32. The summed E-state index contributed by atoms with van der Waals surface area (Å²) in [7, 11) is 0. The highest BCUT2D eigenvalue weighted by molar-refractivity contribution is 9.10. The van der Waals surface area contributed by atoms with Crippen LogP contribution in [-0.4, -0.2) is 23.4 Å². The number of rotatable bonds is 6. The van der Waals surface area contributed by atoms with Gasteiger partial charge in [-0.05, 0) is 53.1 Å². The zero-order valence-electron chi connectivity index (χ0n) is 16.5. The fourth-order valence-electron chi connectivity index (χ4n) is 3.41. The molecule has 1 aliphatic heterocycles. The Labute approximate surface area is 183 Å². The van der Waals surface area contributed by atoms with E-state index in [1.165, 1.54) is 10.3 Å². The zero-order valence-corrected chi connectivity index (χ0v) is 18.1. The molecule has 1 saturated heterocycles. The van der Waals surface area contributed by atoms with Crippen LogP contribution in [0.5, 0.6) is 5.75 Å². The molecule has 1 fully saturated rings. The first-order chi connectivity index (χ1) is 14.5. The van der Waals surface area contributed by atoms with E-state index in [2.05, 4.69) is 45.5 Å². The van der Waals surface area contributed by atoms with Gasteiger partial charge in [0.2, 0.25) is 0 Å². The minimum atomic E-state index is -0.387. The molecule has 0 unspecified atom stereocenters. The van der Waals surface area contributed by atoms with Crippen molar-refractivity contribution >= 4 is 44.7 Å². The number of imide groups is 1. The van der Waals surface area contributed by atoms with Gasteiger partial charge < -0.3 is 10.1 Å². The maximum atomic E-state index is 12.5. The van der Waals surface area contributed by atoms with E-state index >= 15 is 0 Å². The van der Waals surface area contributed by atoms with Crippen LogP contribution in [0.3, 0.4) is 0 Å². The van der Waals surface area contributed by atoms with Crippen molar-refractivity contribution in [3.05, 3.63) is 82.0 Å². The molecule has 1 N–H and O–H groups in total. The van der Waals surface area contributed by atoms with E-state index in [0.29, 0.717) is 30.9 Å². The number of nitrogens with one attached hydrogen (secondary N) is 1. The number of benzene rings is 3. The Morgan fingerprint density at radius 2 is 1.83 bits per heavy atom. The first-order valence-corrected chi connectivity index (χ1v) is 10.6. The summed E-state index contributed by atoms with van der Waals surface area (Å²) >= 11 is 3.47. The van der Waals surface area contributed by atoms with Gasteiger partial charge in [0.05, 0.1) is 0 Å². The van der Waals surface area contributed by atoms with Crippen molar-refractivity contribution in [2.45, 2.75) is 20.0 Å². The summed E-state index contributed by atoms with van der Waals surface area (Å²) in [5, 5.41) is 5.00. The van der Waals surface area contributed by atoms with E-state index in [1.807, 2.05) is 43.3 Å². The number of carbonyl (C=O) groups excluding carboxylic acids is 2. The molecule has 5 nitrogen and oxygen atoms in total. The molecule has 3 aromatic carbocycles. The van der Waals surface area contributed by atoms with Crippen molar-refractivity contribution < 1.29 is 14.3 Å². The monoisotopic (exact) mass is 464 g/mol. The van der Waals surface area contributed by atoms with Crippen molar-refractivity contribution in [3.8, 4) is 5.75 Å². The van der Waals surface area contributed by atoms with Crippen molar-refractivity contribution in [2.24, 2.45) is 0 Å². The number of nitrogens with zero attached hydrogens (tertiary/aromatic N) is 1. The predicted molar refractivity (Wildman–Crippen MR) is 121 cm³/mol. The molecule has 3 aromatic rings. The van der Waals surface area contributed by atoms with Gasteiger partial charge in [-0.3, -0.25) is 9.69 Å². The van der Waals surface area contributed by atoms with Gasteiger partial charge in [0, 0.05) is 16.6 Å². The number of hydrogen-bond acceptors (Lipinski definition) is 3. The van der Waals surface area contributed by atoms with Crippen LogP contribution in [0.4, 0.5) is 4.79 Å². The fourth-order valence-corrected chi connectivity index (χ4v) is 3.79. The lowest BCUT2D eigenvalue weighted by molar-refractivity contribution is -0.122. The van der Waals surface area contributed by atoms with Gasteiger partial charge >= 0.3 is 6.03 Å². The Morgan fingerprint density at radius 3 is 2.63 bits per heavy atom. The number of urea groups is 1. The lowest BCUT2D eigenvalue weighted by Gasteiger charge is -2.11. The van der Waals surface area contributed by atoms with E-state index in [4.69, 9.17) is 4.74 Å². The van der Waals surface area contributed by atoms with Crippen LogP contribution in [0.1, 0.15) is 24.5 Å². The third-order valence-electron chi connectivity index (χ3n) is 4.89. The van der Waals surface area contributed by atoms with Gasteiger partial charge in [-0.15, -0.1) is 0 Å². The smallest absolute Gasteiger partial charge is 0.329 e. The van der Waals surface area contributed by atoms with Gasteiger partial charge in [0.15, 0.2) is 0 Å². The second-order valence-electron chi connectivity index (χ2n) is 7.10. The van der Waals surface area contributed by atoms with Crippen molar-refractivity contribution in [3.63, 3.8) is 0 Å². The zero-order chi connectivity index (χ0) is 21.1. The summed E-state index contributed by atoms with van der Waals surface area (Å²) in [4.78, 5) is 25.8. The number of fused-ring (bicyclic) bond motifs is 1. The summed E-state index contributed by atoms with van der Waals surface area (Å²) in [6.07, 6.45) is 2.37. The third kappa shape index (κ3) is 4.24. The minimum absolute atomic E-state index is 0.252. The Bertz CT molecular complexity index is 1160. The molecule has 0 radical (unpaired) electrons. The van der Waals surface area contributed by atoms with Crippen molar-refractivity contribution in [1.29, 1.82) is 0 Å². The second kappa shape index (κ2) is 8.71. The van der Waals surface area contributed by atoms with Crippen LogP contribution in [-0.2, 0) is 11.4 Å². The van der Waals surface area contributed by atoms with Crippen molar-refractivity contribution in [2.75, 3.05) is 6.54 Å². The molecular weight excluding hydrogens is 444 g/mol. The van der Waals surface area contributed by atoms with E-state index in [1.54, 1.807) is 6.08 Å². The van der Waals surface area contributed by atoms with Crippen LogP contribution in [0.2, 0.25) is 0 Å². The molecular formula is C24H21BrN2O3. The second-order valence-corrected chi connectivity index (χ2v) is 8.01. The molecule has 0 saturated carbocycles. The molecule has 0 spiro atoms. The number of hydrogen-bond donors (Lipinski definition) is 1. The summed E-state index contributed by atoms with van der Waals surface area (Å²) in [6.45, 7) is 2.71. The van der Waals surface area contributed by atoms with E-state index in [-0.39, 0.29) is 17.6 Å². The maximum Gasteiger partial charge on any atom is 0.329 e. The van der Waals surface area contributed by atoms with Crippen LogP contribution in [0.15, 0.2) is 70.8 Å². The first kappa shape index (κ1) is 20.2. The van der Waals surface area contributed by atoms with Gasteiger partial charge in [0.1, 0.15) is 18.1 Å². The molecule has 3 amide bonds. The van der Waals surface area contributed by atoms with E-state index in [0.717, 1.165) is 15.4 Å². The Balaban J connectivity index is 1.57. The molecule has 4 rings (SSSR count). The Morgan fingerprint density at radius 1 is 1.03 bits per heavy atom. The summed E-state index contributed by atoms with van der Waals surface area (Å²) in [5.41, 5.74) is 2.02. The standard InChI is InChI=1S/C24H21BrN2O3/c1-2-11-27-23(28)21(26-24(27)29)14-19-13-20(25)9-10-22(19)30-15-16-7-8-17-5-3-4-6-18(17)12-16/h3-10,12-14H,2,11,15H2,1H3,(H,26,29)/b21-14+. The largest absolute Gasteiger partial charge is 0.488 e. The number of halogens is 1. The number of ether oxygens (including phenoxy) is 1. The molecule has 0 aliphatic carbocycles. The first-order valence-electron chi connectivity index (χ1n) is 9.79. The van der Waals surface area contributed by atoms with Crippen LogP contribution in [0, 0.1) is 0 Å². The van der Waals surface area contributed by atoms with Crippen LogP contribution < -0.4 is 10.1 Å². The molecule has 1 heterocycles. The summed E-state index contributed by atoms with van der Waals surface area (Å²) in [6, 6.07) is 19.6. The molecule has 30 heavy (non-hydrogen) atoms. The lowest BCUT2D eigenvalue weighted by Crippen LogP contribution is -2.31. The molecule has 0 bridgehead atoms. The Kier molecular flexibility index (Phi) is 5.86. The Hall–Kier alpha value is -3.12. The topological polar surface area (TPSA) is 58.6 Å². The van der Waals surface area contributed by atoms with Crippen molar-refractivity contribution in [1.82, 2.24) is 10.2 Å². The minimum Gasteiger partial charge on any atom is -0.488 e. The number of carbonyl (C=O) groups is 2. The third-order valence-corrected chi connectivity index (χ3v) is 5.38.